The minimum atomic E-state index is -4.57. The van der Waals surface area contributed by atoms with Gasteiger partial charge in [-0.1, -0.05) is 60.2 Å². The number of halogens is 3. The molecule has 1 aliphatic heterocycles. The van der Waals surface area contributed by atoms with E-state index in [1.54, 1.807) is 31.2 Å². The van der Waals surface area contributed by atoms with Gasteiger partial charge >= 0.3 is 12.1 Å². The number of aryl methyl sites for hydroxylation is 1. The third-order valence-electron chi connectivity index (χ3n) is 7.50. The van der Waals surface area contributed by atoms with E-state index in [0.717, 1.165) is 35.4 Å². The van der Waals surface area contributed by atoms with Gasteiger partial charge in [0.15, 0.2) is 10.6 Å². The van der Waals surface area contributed by atoms with Crippen LogP contribution in [-0.4, -0.2) is 36.7 Å². The molecular weight excluding hydrogens is 567 g/mol. The van der Waals surface area contributed by atoms with Crippen LogP contribution in [0.25, 0.3) is 0 Å². The second kappa shape index (κ2) is 13.0. The Hall–Kier alpha value is -3.76. The predicted octanol–water partition coefficient (Wildman–Crippen LogP) is 6.54. The van der Waals surface area contributed by atoms with Crippen LogP contribution < -0.4 is 5.32 Å². The van der Waals surface area contributed by atoms with Crippen LogP contribution in [0.5, 0.6) is 0 Å². The predicted molar refractivity (Wildman–Crippen MR) is 155 cm³/mol. The lowest BCUT2D eigenvalue weighted by Gasteiger charge is -2.46. The number of carbonyl (C=O) groups excluding carboxylic acids is 2. The summed E-state index contributed by atoms with van der Waals surface area (Å²) in [7, 11) is 0. The van der Waals surface area contributed by atoms with Crippen LogP contribution in [-0.2, 0) is 37.3 Å². The summed E-state index contributed by atoms with van der Waals surface area (Å²) >= 11 is 5.74. The molecule has 0 aromatic heterocycles. The second-order valence-electron chi connectivity index (χ2n) is 10.1. The molecule has 1 heterocycles. The van der Waals surface area contributed by atoms with E-state index in [9.17, 15) is 22.8 Å². The highest BCUT2D eigenvalue weighted by Crippen LogP contribution is 2.51. The Bertz CT molecular complexity index is 1400. The van der Waals surface area contributed by atoms with Gasteiger partial charge in [-0.15, -0.1) is 0 Å². The molecule has 1 fully saturated rings. The van der Waals surface area contributed by atoms with Crippen LogP contribution in [0.15, 0.2) is 78.9 Å². The van der Waals surface area contributed by atoms with Gasteiger partial charge in [0.05, 0.1) is 30.8 Å². The molecule has 3 aromatic carbocycles. The number of benzene rings is 3. The van der Waals surface area contributed by atoms with Gasteiger partial charge in [0, 0.05) is 12.2 Å². The molecule has 10 heteroatoms. The highest BCUT2D eigenvalue weighted by Gasteiger charge is 2.64. The lowest BCUT2D eigenvalue weighted by Crippen LogP contribution is -2.64. The third-order valence-corrected chi connectivity index (χ3v) is 8.01. The normalized spacial score (nSPS) is 18.2. The summed E-state index contributed by atoms with van der Waals surface area (Å²) in [5.41, 5.74) is -1.83. The first-order valence-corrected chi connectivity index (χ1v) is 14.0. The summed E-state index contributed by atoms with van der Waals surface area (Å²) in [5, 5.41) is 3.00. The Balaban J connectivity index is 1.79. The lowest BCUT2D eigenvalue weighted by atomic mass is 9.63. The van der Waals surface area contributed by atoms with Gasteiger partial charge in [-0.25, -0.2) is 4.79 Å². The maximum absolute atomic E-state index is 14.2. The Morgan fingerprint density at radius 2 is 1.62 bits per heavy atom. The molecule has 222 valence electrons. The summed E-state index contributed by atoms with van der Waals surface area (Å²) in [6.45, 7) is 4.22. The van der Waals surface area contributed by atoms with Crippen molar-refractivity contribution < 1.29 is 37.0 Å². The van der Waals surface area contributed by atoms with Gasteiger partial charge in [0.25, 0.3) is 5.91 Å². The van der Waals surface area contributed by atoms with E-state index in [-0.39, 0.29) is 43.3 Å². The number of amides is 1. The Morgan fingerprint density at radius 1 is 0.976 bits per heavy atom. The SMILES string of the molecule is CCOC(=O)C(NC(=O)c1ccc(C(F)(F)F)cc1)(c1ccc(C)cc1)C1(CCOCc2ccccc2)CCOC1=S. The molecule has 6 nitrogen and oxygen atoms in total. The van der Waals surface area contributed by atoms with Crippen LogP contribution in [0.3, 0.4) is 0 Å². The molecule has 42 heavy (non-hydrogen) atoms. The molecule has 2 unspecified atom stereocenters. The molecule has 2 atom stereocenters. The van der Waals surface area contributed by atoms with Crippen molar-refractivity contribution in [2.75, 3.05) is 19.8 Å². The van der Waals surface area contributed by atoms with E-state index in [2.05, 4.69) is 5.32 Å². The summed E-state index contributed by atoms with van der Waals surface area (Å²) in [4.78, 5) is 27.9. The molecule has 4 rings (SSSR count). The number of thiocarbonyl (C=S) groups is 1. The number of esters is 1. The monoisotopic (exact) mass is 599 g/mol. The fourth-order valence-electron chi connectivity index (χ4n) is 5.25. The van der Waals surface area contributed by atoms with Crippen molar-refractivity contribution in [3.8, 4) is 0 Å². The van der Waals surface area contributed by atoms with Crippen LogP contribution in [0.4, 0.5) is 13.2 Å². The van der Waals surface area contributed by atoms with E-state index in [4.69, 9.17) is 26.4 Å². The van der Waals surface area contributed by atoms with E-state index in [1.165, 1.54) is 0 Å². The van der Waals surface area contributed by atoms with Crippen LogP contribution in [0.1, 0.15) is 52.4 Å². The molecule has 1 amide bonds. The third kappa shape index (κ3) is 6.34. The van der Waals surface area contributed by atoms with Crippen molar-refractivity contribution >= 4 is 29.1 Å². The van der Waals surface area contributed by atoms with Crippen LogP contribution in [0, 0.1) is 12.3 Å². The highest BCUT2D eigenvalue weighted by molar-refractivity contribution is 7.80. The maximum Gasteiger partial charge on any atom is 0.416 e. The van der Waals surface area contributed by atoms with E-state index >= 15 is 0 Å². The second-order valence-corrected chi connectivity index (χ2v) is 10.5. The molecule has 0 radical (unpaired) electrons. The Morgan fingerprint density at radius 3 is 2.19 bits per heavy atom. The summed E-state index contributed by atoms with van der Waals surface area (Å²) in [5.74, 6) is -1.53. The molecule has 0 bridgehead atoms. The topological polar surface area (TPSA) is 73.9 Å². The number of nitrogens with one attached hydrogen (secondary N) is 1. The zero-order valence-electron chi connectivity index (χ0n) is 23.3. The first kappa shape index (κ1) is 31.2. The molecule has 1 aliphatic rings. The standard InChI is InChI=1S/C32H32F3NO5S/c1-3-40-28(38)31(25-13-9-22(2)10-14-25,36-27(37)24-11-15-26(16-12-24)32(33,34)35)30(18-20-41-29(30)42)17-19-39-21-23-7-5-4-6-8-23/h4-16H,3,17-21H2,1-2H3,(H,36,37). The Kier molecular flexibility index (Phi) is 9.68. The van der Waals surface area contributed by atoms with Crippen molar-refractivity contribution in [3.63, 3.8) is 0 Å². The minimum Gasteiger partial charge on any atom is -0.486 e. The van der Waals surface area contributed by atoms with Crippen molar-refractivity contribution in [3.05, 3.63) is 107 Å². The summed E-state index contributed by atoms with van der Waals surface area (Å²) < 4.78 is 56.9. The van der Waals surface area contributed by atoms with Crippen LogP contribution >= 0.6 is 12.2 Å². The maximum atomic E-state index is 14.2. The van der Waals surface area contributed by atoms with Crippen molar-refractivity contribution in [1.29, 1.82) is 0 Å². The van der Waals surface area contributed by atoms with E-state index in [1.807, 2.05) is 37.3 Å². The van der Waals surface area contributed by atoms with Crippen LogP contribution in [0.2, 0.25) is 0 Å². The first-order chi connectivity index (χ1) is 20.0. The van der Waals surface area contributed by atoms with Crippen molar-refractivity contribution in [2.24, 2.45) is 5.41 Å². The zero-order valence-corrected chi connectivity index (χ0v) is 24.1. The molecule has 0 aliphatic carbocycles. The molecule has 0 saturated carbocycles. The molecule has 3 aromatic rings. The molecule has 1 N–H and O–H groups in total. The lowest BCUT2D eigenvalue weighted by molar-refractivity contribution is -0.156. The number of ether oxygens (including phenoxy) is 3. The number of carbonyl (C=O) groups is 2. The minimum absolute atomic E-state index is 0.0107. The fraction of sp³-hybridized carbons (Fsp3) is 0.344. The number of hydrogen-bond acceptors (Lipinski definition) is 6. The quantitative estimate of drug-likeness (QED) is 0.153. The number of rotatable bonds is 11. The molecular formula is C32H32F3NO5S. The zero-order chi connectivity index (χ0) is 30.4. The van der Waals surface area contributed by atoms with Gasteiger partial charge in [0.1, 0.15) is 0 Å². The van der Waals surface area contributed by atoms with E-state index in [0.29, 0.717) is 12.2 Å². The average Bonchev–Trinajstić information content (AvgIpc) is 3.35. The van der Waals surface area contributed by atoms with Gasteiger partial charge in [-0.05, 0) is 74.3 Å². The van der Waals surface area contributed by atoms with Gasteiger partial charge < -0.3 is 19.5 Å². The summed E-state index contributed by atoms with van der Waals surface area (Å²) in [6, 6.07) is 20.4. The van der Waals surface area contributed by atoms with Gasteiger partial charge in [-0.3, -0.25) is 4.79 Å². The van der Waals surface area contributed by atoms with Gasteiger partial charge in [0.2, 0.25) is 0 Å². The van der Waals surface area contributed by atoms with Gasteiger partial charge in [-0.2, -0.15) is 13.2 Å². The first-order valence-electron chi connectivity index (χ1n) is 13.6. The fourth-order valence-corrected chi connectivity index (χ4v) is 5.69. The number of hydrogen-bond donors (Lipinski definition) is 1. The van der Waals surface area contributed by atoms with E-state index < -0.39 is 34.6 Å². The van der Waals surface area contributed by atoms with Crippen molar-refractivity contribution in [1.82, 2.24) is 5.32 Å². The highest BCUT2D eigenvalue weighted by atomic mass is 32.1. The smallest absolute Gasteiger partial charge is 0.416 e. The van der Waals surface area contributed by atoms with Crippen molar-refractivity contribution in [2.45, 2.75) is 45.0 Å². The largest absolute Gasteiger partial charge is 0.486 e. The molecule has 0 spiro atoms. The molecule has 1 saturated heterocycles. The average molecular weight is 600 g/mol. The number of alkyl halides is 3. The Labute approximate surface area is 248 Å². The summed E-state index contributed by atoms with van der Waals surface area (Å²) in [6.07, 6.45) is -4.11.